The molecule has 2 N–H and O–H groups in total. The smallest absolute Gasteiger partial charge is 0.220 e. The molecule has 1 aromatic heterocycles. The number of amides is 1. The molecule has 0 saturated heterocycles. The SMILES string of the molecule is O=C(CC1CC1)NCc1cn2c(n1)CNCC2. The predicted octanol–water partition coefficient (Wildman–Crippen LogP) is 0.403. The molecule has 0 aromatic carbocycles. The lowest BCUT2D eigenvalue weighted by molar-refractivity contribution is -0.121. The van der Waals surface area contributed by atoms with E-state index in [0.717, 1.165) is 31.2 Å². The second kappa shape index (κ2) is 4.49. The van der Waals surface area contributed by atoms with E-state index in [0.29, 0.717) is 18.9 Å². The normalized spacial score (nSPS) is 18.8. The van der Waals surface area contributed by atoms with Gasteiger partial charge in [0.1, 0.15) is 5.82 Å². The first-order chi connectivity index (χ1) is 8.31. The van der Waals surface area contributed by atoms with Gasteiger partial charge in [-0.25, -0.2) is 4.98 Å². The van der Waals surface area contributed by atoms with Gasteiger partial charge in [-0.15, -0.1) is 0 Å². The number of aromatic nitrogens is 2. The second-order valence-corrected chi connectivity index (χ2v) is 4.94. The molecule has 1 amide bonds. The highest BCUT2D eigenvalue weighted by atomic mass is 16.1. The van der Waals surface area contributed by atoms with Crippen LogP contribution in [0.2, 0.25) is 0 Å². The first kappa shape index (κ1) is 10.8. The van der Waals surface area contributed by atoms with Crippen LogP contribution in [0.5, 0.6) is 0 Å². The third-order valence-electron chi connectivity index (χ3n) is 3.36. The molecule has 1 aliphatic carbocycles. The Morgan fingerprint density at radius 2 is 2.47 bits per heavy atom. The molecule has 5 nitrogen and oxygen atoms in total. The Labute approximate surface area is 101 Å². The Kier molecular flexibility index (Phi) is 2.84. The van der Waals surface area contributed by atoms with Crippen molar-refractivity contribution < 1.29 is 4.79 Å². The van der Waals surface area contributed by atoms with Crippen LogP contribution in [0.4, 0.5) is 0 Å². The Bertz CT molecular complexity index is 399. The van der Waals surface area contributed by atoms with Gasteiger partial charge >= 0.3 is 0 Å². The largest absolute Gasteiger partial charge is 0.350 e. The minimum absolute atomic E-state index is 0.164. The first-order valence-corrected chi connectivity index (χ1v) is 6.33. The highest BCUT2D eigenvalue weighted by molar-refractivity contribution is 5.76. The van der Waals surface area contributed by atoms with Crippen LogP contribution < -0.4 is 10.6 Å². The number of rotatable bonds is 4. The average Bonchev–Trinajstić information content (AvgIpc) is 3.03. The van der Waals surface area contributed by atoms with Gasteiger partial charge in [-0.2, -0.15) is 0 Å². The summed E-state index contributed by atoms with van der Waals surface area (Å²) in [7, 11) is 0. The molecule has 17 heavy (non-hydrogen) atoms. The fraction of sp³-hybridized carbons (Fsp3) is 0.667. The molecule has 1 aromatic rings. The van der Waals surface area contributed by atoms with E-state index < -0.39 is 0 Å². The number of carbonyl (C=O) groups is 1. The molecule has 2 aliphatic rings. The average molecular weight is 234 g/mol. The van der Waals surface area contributed by atoms with Gasteiger partial charge in [0, 0.05) is 25.7 Å². The molecular formula is C12H18N4O. The van der Waals surface area contributed by atoms with Crippen LogP contribution in [-0.2, 0) is 24.4 Å². The van der Waals surface area contributed by atoms with E-state index in [-0.39, 0.29) is 5.91 Å². The summed E-state index contributed by atoms with van der Waals surface area (Å²) in [5, 5.41) is 6.23. The lowest BCUT2D eigenvalue weighted by Gasteiger charge is -2.13. The second-order valence-electron chi connectivity index (χ2n) is 4.94. The molecule has 0 bridgehead atoms. The van der Waals surface area contributed by atoms with Gasteiger partial charge in [0.15, 0.2) is 0 Å². The van der Waals surface area contributed by atoms with Gasteiger partial charge in [-0.3, -0.25) is 4.79 Å². The van der Waals surface area contributed by atoms with Crippen LogP contribution in [-0.4, -0.2) is 22.0 Å². The fourth-order valence-corrected chi connectivity index (χ4v) is 2.18. The van der Waals surface area contributed by atoms with E-state index in [9.17, 15) is 4.79 Å². The van der Waals surface area contributed by atoms with Crippen molar-refractivity contribution in [2.24, 2.45) is 5.92 Å². The number of imidazole rings is 1. The highest BCUT2D eigenvalue weighted by Gasteiger charge is 2.24. The number of fused-ring (bicyclic) bond motifs is 1. The summed E-state index contributed by atoms with van der Waals surface area (Å²) in [6.07, 6.45) is 5.18. The zero-order chi connectivity index (χ0) is 11.7. The summed E-state index contributed by atoms with van der Waals surface area (Å²) in [5.41, 5.74) is 0.966. The van der Waals surface area contributed by atoms with Crippen LogP contribution in [0.3, 0.4) is 0 Å². The van der Waals surface area contributed by atoms with Crippen molar-refractivity contribution in [3.05, 3.63) is 17.7 Å². The van der Waals surface area contributed by atoms with Gasteiger partial charge in [-0.1, -0.05) is 0 Å². The third kappa shape index (κ3) is 2.66. The lowest BCUT2D eigenvalue weighted by Crippen LogP contribution is -2.27. The van der Waals surface area contributed by atoms with E-state index in [1.807, 2.05) is 6.20 Å². The van der Waals surface area contributed by atoms with Crippen molar-refractivity contribution in [2.75, 3.05) is 6.54 Å². The highest BCUT2D eigenvalue weighted by Crippen LogP contribution is 2.32. The van der Waals surface area contributed by atoms with E-state index >= 15 is 0 Å². The number of nitrogens with one attached hydrogen (secondary N) is 2. The van der Waals surface area contributed by atoms with Crippen molar-refractivity contribution in [2.45, 2.75) is 38.9 Å². The molecule has 5 heteroatoms. The quantitative estimate of drug-likeness (QED) is 0.793. The molecule has 2 heterocycles. The predicted molar refractivity (Wildman–Crippen MR) is 63.1 cm³/mol. The van der Waals surface area contributed by atoms with Crippen LogP contribution in [0.25, 0.3) is 0 Å². The molecular weight excluding hydrogens is 216 g/mol. The van der Waals surface area contributed by atoms with Crippen molar-refractivity contribution >= 4 is 5.91 Å². The van der Waals surface area contributed by atoms with Crippen molar-refractivity contribution in [3.63, 3.8) is 0 Å². The monoisotopic (exact) mass is 234 g/mol. The number of hydrogen-bond acceptors (Lipinski definition) is 3. The summed E-state index contributed by atoms with van der Waals surface area (Å²) in [6.45, 7) is 3.36. The summed E-state index contributed by atoms with van der Waals surface area (Å²) < 4.78 is 2.17. The van der Waals surface area contributed by atoms with Crippen LogP contribution >= 0.6 is 0 Å². The van der Waals surface area contributed by atoms with Crippen molar-refractivity contribution in [3.8, 4) is 0 Å². The van der Waals surface area contributed by atoms with E-state index in [4.69, 9.17) is 0 Å². The van der Waals surface area contributed by atoms with E-state index in [1.165, 1.54) is 12.8 Å². The summed E-state index contributed by atoms with van der Waals surface area (Å²) in [5.74, 6) is 1.88. The van der Waals surface area contributed by atoms with Crippen LogP contribution in [0.15, 0.2) is 6.20 Å². The Morgan fingerprint density at radius 3 is 3.24 bits per heavy atom. The molecule has 1 saturated carbocycles. The van der Waals surface area contributed by atoms with Crippen LogP contribution in [0.1, 0.15) is 30.8 Å². The van der Waals surface area contributed by atoms with Crippen molar-refractivity contribution in [1.29, 1.82) is 0 Å². The van der Waals surface area contributed by atoms with E-state index in [1.54, 1.807) is 0 Å². The van der Waals surface area contributed by atoms with Crippen molar-refractivity contribution in [1.82, 2.24) is 20.2 Å². The zero-order valence-electron chi connectivity index (χ0n) is 9.91. The maximum atomic E-state index is 11.6. The van der Waals surface area contributed by atoms with Gasteiger partial charge < -0.3 is 15.2 Å². The molecule has 1 aliphatic heterocycles. The minimum Gasteiger partial charge on any atom is -0.350 e. The topological polar surface area (TPSA) is 59.0 Å². The van der Waals surface area contributed by atoms with Gasteiger partial charge in [-0.05, 0) is 18.8 Å². The van der Waals surface area contributed by atoms with Crippen LogP contribution in [0, 0.1) is 5.92 Å². The molecule has 1 fully saturated rings. The fourth-order valence-electron chi connectivity index (χ4n) is 2.18. The third-order valence-corrected chi connectivity index (χ3v) is 3.36. The van der Waals surface area contributed by atoms with Gasteiger partial charge in [0.05, 0.1) is 18.8 Å². The minimum atomic E-state index is 0.164. The molecule has 0 unspecified atom stereocenters. The van der Waals surface area contributed by atoms with Gasteiger partial charge in [0.2, 0.25) is 5.91 Å². The number of nitrogens with zero attached hydrogens (tertiary/aromatic N) is 2. The molecule has 0 spiro atoms. The number of carbonyl (C=O) groups excluding carboxylic acids is 1. The first-order valence-electron chi connectivity index (χ1n) is 6.33. The molecule has 92 valence electrons. The summed E-state index contributed by atoms with van der Waals surface area (Å²) in [6, 6.07) is 0. The molecule has 0 radical (unpaired) electrons. The molecule has 0 atom stereocenters. The Morgan fingerprint density at radius 1 is 1.59 bits per heavy atom. The lowest BCUT2D eigenvalue weighted by atomic mass is 10.3. The zero-order valence-corrected chi connectivity index (χ0v) is 9.91. The maximum Gasteiger partial charge on any atom is 0.220 e. The maximum absolute atomic E-state index is 11.6. The summed E-state index contributed by atoms with van der Waals surface area (Å²) >= 11 is 0. The van der Waals surface area contributed by atoms with Gasteiger partial charge in [0.25, 0.3) is 0 Å². The summed E-state index contributed by atoms with van der Waals surface area (Å²) in [4.78, 5) is 16.1. The standard InChI is InChI=1S/C12H18N4O/c17-12(5-9-1-2-9)14-6-10-8-16-4-3-13-7-11(16)15-10/h8-9,13H,1-7H2,(H,14,17). The van der Waals surface area contributed by atoms with E-state index in [2.05, 4.69) is 20.2 Å². The molecule has 3 rings (SSSR count). The Balaban J connectivity index is 1.53. The number of hydrogen-bond donors (Lipinski definition) is 2. The Hall–Kier alpha value is -1.36.